The Hall–Kier alpha value is -3.32. The van der Waals surface area contributed by atoms with Crippen LogP contribution in [0, 0.1) is 22.7 Å². The van der Waals surface area contributed by atoms with Gasteiger partial charge in [0.15, 0.2) is 28.7 Å². The number of ether oxygens (including phenoxy) is 2. The lowest BCUT2D eigenvalue weighted by atomic mass is 10.1. The molecule has 3 rings (SSSR count). The van der Waals surface area contributed by atoms with Gasteiger partial charge in [-0.05, 0) is 18.2 Å². The maximum absolute atomic E-state index is 12.2. The van der Waals surface area contributed by atoms with Gasteiger partial charge in [-0.1, -0.05) is 0 Å². The molecule has 0 bridgehead atoms. The summed E-state index contributed by atoms with van der Waals surface area (Å²) in [7, 11) is 0. The molecule has 0 saturated heterocycles. The van der Waals surface area contributed by atoms with Crippen LogP contribution in [0.2, 0.25) is 0 Å². The Labute approximate surface area is 119 Å². The number of carbonyl (C=O) groups excluding carboxylic acids is 1. The highest BCUT2D eigenvalue weighted by atomic mass is 16.7. The minimum absolute atomic E-state index is 0.0102. The summed E-state index contributed by atoms with van der Waals surface area (Å²) in [6, 6.07) is 8.57. The van der Waals surface area contributed by atoms with Crippen LogP contribution in [0.1, 0.15) is 21.7 Å². The molecule has 1 aliphatic heterocycles. The maximum atomic E-state index is 12.2. The second kappa shape index (κ2) is 4.99. The van der Waals surface area contributed by atoms with Crippen LogP contribution < -0.4 is 9.47 Å². The van der Waals surface area contributed by atoms with E-state index < -0.39 is 0 Å². The summed E-state index contributed by atoms with van der Waals surface area (Å²) in [5.74, 6) is 0.898. The zero-order valence-corrected chi connectivity index (χ0v) is 10.7. The number of nitriles is 2. The van der Waals surface area contributed by atoms with E-state index in [4.69, 9.17) is 20.0 Å². The highest BCUT2D eigenvalue weighted by Crippen LogP contribution is 2.32. The van der Waals surface area contributed by atoms with Crippen molar-refractivity contribution in [1.82, 2.24) is 9.55 Å². The largest absolute Gasteiger partial charge is 0.454 e. The number of benzene rings is 1. The standard InChI is InChI=1S/C14H8N4O3/c15-4-10-11(5-16)18(7-17-10)6-12(19)9-1-2-13-14(3-9)21-8-20-13/h1-3,7H,6,8H2. The molecule has 7 nitrogen and oxygen atoms in total. The number of carbonyl (C=O) groups is 1. The van der Waals surface area contributed by atoms with Crippen LogP contribution in [0.15, 0.2) is 24.5 Å². The number of ketones is 1. The lowest BCUT2D eigenvalue weighted by molar-refractivity contribution is 0.0971. The smallest absolute Gasteiger partial charge is 0.231 e. The SMILES string of the molecule is N#Cc1ncn(CC(=O)c2ccc3c(c2)OCO3)c1C#N. The molecule has 0 unspecified atom stereocenters. The van der Waals surface area contributed by atoms with E-state index in [0.29, 0.717) is 17.1 Å². The van der Waals surface area contributed by atoms with Crippen molar-refractivity contribution in [3.05, 3.63) is 41.5 Å². The molecule has 0 radical (unpaired) electrons. The monoisotopic (exact) mass is 280 g/mol. The molecule has 1 aliphatic rings. The van der Waals surface area contributed by atoms with Gasteiger partial charge in [-0.25, -0.2) is 4.98 Å². The fourth-order valence-electron chi connectivity index (χ4n) is 2.02. The van der Waals surface area contributed by atoms with Gasteiger partial charge >= 0.3 is 0 Å². The molecule has 0 N–H and O–H groups in total. The normalized spacial score (nSPS) is 11.7. The first-order valence-electron chi connectivity index (χ1n) is 6.01. The molecular weight excluding hydrogens is 272 g/mol. The van der Waals surface area contributed by atoms with Crippen LogP contribution in [0.3, 0.4) is 0 Å². The van der Waals surface area contributed by atoms with Crippen LogP contribution in [0.5, 0.6) is 11.5 Å². The number of rotatable bonds is 3. The van der Waals surface area contributed by atoms with E-state index in [9.17, 15) is 4.79 Å². The van der Waals surface area contributed by atoms with Crippen molar-refractivity contribution in [1.29, 1.82) is 10.5 Å². The number of hydrogen-bond acceptors (Lipinski definition) is 6. The quantitative estimate of drug-likeness (QED) is 0.784. The minimum Gasteiger partial charge on any atom is -0.454 e. The number of fused-ring (bicyclic) bond motifs is 1. The van der Waals surface area contributed by atoms with Gasteiger partial charge in [0.2, 0.25) is 6.79 Å². The fourth-order valence-corrected chi connectivity index (χ4v) is 2.02. The number of imidazole rings is 1. The van der Waals surface area contributed by atoms with Crippen molar-refractivity contribution < 1.29 is 14.3 Å². The lowest BCUT2D eigenvalue weighted by Crippen LogP contribution is -2.11. The molecule has 2 aromatic rings. The topological polar surface area (TPSA) is 101 Å². The van der Waals surface area contributed by atoms with Gasteiger partial charge in [0.05, 0.1) is 12.9 Å². The molecule has 0 atom stereocenters. The third kappa shape index (κ3) is 2.17. The molecule has 0 fully saturated rings. The van der Waals surface area contributed by atoms with E-state index in [1.54, 1.807) is 18.2 Å². The maximum Gasteiger partial charge on any atom is 0.231 e. The fraction of sp³-hybridized carbons (Fsp3) is 0.143. The van der Waals surface area contributed by atoms with E-state index in [-0.39, 0.29) is 30.5 Å². The minimum atomic E-state index is -0.216. The number of hydrogen-bond donors (Lipinski definition) is 0. The molecule has 0 amide bonds. The van der Waals surface area contributed by atoms with Crippen LogP contribution in [-0.4, -0.2) is 22.1 Å². The molecule has 0 aliphatic carbocycles. The van der Waals surface area contributed by atoms with E-state index >= 15 is 0 Å². The van der Waals surface area contributed by atoms with Crippen molar-refractivity contribution in [3.63, 3.8) is 0 Å². The highest BCUT2D eigenvalue weighted by Gasteiger charge is 2.18. The van der Waals surface area contributed by atoms with Gasteiger partial charge in [0, 0.05) is 5.56 Å². The Morgan fingerprint density at radius 2 is 2.10 bits per heavy atom. The molecule has 1 aromatic carbocycles. The van der Waals surface area contributed by atoms with Crippen LogP contribution in [-0.2, 0) is 6.54 Å². The average Bonchev–Trinajstić information content (AvgIpc) is 3.11. The van der Waals surface area contributed by atoms with Gasteiger partial charge < -0.3 is 14.0 Å². The Bertz CT molecular complexity index is 811. The predicted molar refractivity (Wildman–Crippen MR) is 68.6 cm³/mol. The first-order valence-corrected chi connectivity index (χ1v) is 6.01. The van der Waals surface area contributed by atoms with Crippen molar-refractivity contribution >= 4 is 5.78 Å². The van der Waals surface area contributed by atoms with E-state index in [0.717, 1.165) is 0 Å². The molecule has 21 heavy (non-hydrogen) atoms. The summed E-state index contributed by atoms with van der Waals surface area (Å²) in [6.07, 6.45) is 1.31. The Morgan fingerprint density at radius 1 is 1.29 bits per heavy atom. The molecule has 7 heteroatoms. The zero-order chi connectivity index (χ0) is 14.8. The number of nitrogens with zero attached hydrogens (tertiary/aromatic N) is 4. The van der Waals surface area contributed by atoms with Gasteiger partial charge in [-0.2, -0.15) is 10.5 Å². The summed E-state index contributed by atoms with van der Waals surface area (Å²) in [6.45, 7) is 0.0653. The Balaban J connectivity index is 1.86. The van der Waals surface area contributed by atoms with Crippen LogP contribution in [0.4, 0.5) is 0 Å². The Morgan fingerprint density at radius 3 is 2.86 bits per heavy atom. The molecule has 1 aromatic heterocycles. The van der Waals surface area contributed by atoms with Crippen molar-refractivity contribution in [2.24, 2.45) is 0 Å². The molecule has 0 saturated carbocycles. The first kappa shape index (κ1) is 12.7. The van der Waals surface area contributed by atoms with Gasteiger partial charge in [0.1, 0.15) is 12.1 Å². The summed E-state index contributed by atoms with van der Waals surface area (Å²) in [4.78, 5) is 16.0. The van der Waals surface area contributed by atoms with Crippen molar-refractivity contribution in [2.45, 2.75) is 6.54 Å². The van der Waals surface area contributed by atoms with Crippen LogP contribution >= 0.6 is 0 Å². The van der Waals surface area contributed by atoms with Gasteiger partial charge in [0.25, 0.3) is 0 Å². The zero-order valence-electron chi connectivity index (χ0n) is 10.7. The van der Waals surface area contributed by atoms with E-state index in [1.807, 2.05) is 12.1 Å². The van der Waals surface area contributed by atoms with Gasteiger partial charge in [-0.3, -0.25) is 4.79 Å². The van der Waals surface area contributed by atoms with Crippen LogP contribution in [0.25, 0.3) is 0 Å². The van der Waals surface area contributed by atoms with E-state index in [2.05, 4.69) is 4.98 Å². The predicted octanol–water partition coefficient (Wildman–Crippen LogP) is 1.24. The average molecular weight is 280 g/mol. The molecule has 2 heterocycles. The molecule has 102 valence electrons. The highest BCUT2D eigenvalue weighted by molar-refractivity contribution is 5.96. The second-order valence-corrected chi connectivity index (χ2v) is 4.28. The third-order valence-electron chi connectivity index (χ3n) is 3.06. The number of Topliss-reactive ketones (excluding diaryl/α,β-unsaturated/α-hetero) is 1. The first-order chi connectivity index (χ1) is 10.2. The van der Waals surface area contributed by atoms with Gasteiger partial charge in [-0.15, -0.1) is 0 Å². The Kier molecular flexibility index (Phi) is 3.02. The summed E-state index contributed by atoms with van der Waals surface area (Å²) in [5.41, 5.74) is 0.526. The second-order valence-electron chi connectivity index (χ2n) is 4.28. The summed E-state index contributed by atoms with van der Waals surface area (Å²) < 4.78 is 11.7. The molecule has 0 spiro atoms. The lowest BCUT2D eigenvalue weighted by Gasteiger charge is -2.04. The third-order valence-corrected chi connectivity index (χ3v) is 3.06. The molecular formula is C14H8N4O3. The summed E-state index contributed by atoms with van der Waals surface area (Å²) >= 11 is 0. The number of aromatic nitrogens is 2. The van der Waals surface area contributed by atoms with E-state index in [1.165, 1.54) is 10.9 Å². The summed E-state index contributed by atoms with van der Waals surface area (Å²) in [5, 5.41) is 17.8. The van der Waals surface area contributed by atoms with Crippen molar-refractivity contribution in [3.8, 4) is 23.6 Å². The van der Waals surface area contributed by atoms with Crippen molar-refractivity contribution in [2.75, 3.05) is 6.79 Å².